The fourth-order valence-electron chi connectivity index (χ4n) is 9.74. The molecule has 0 aromatic carbocycles. The van der Waals surface area contributed by atoms with E-state index in [4.69, 9.17) is 0 Å². The first-order valence-electron chi connectivity index (χ1n) is 23.9. The molecule has 0 bridgehead atoms. The molecular formula is C50H70N8O6. The van der Waals surface area contributed by atoms with Crippen molar-refractivity contribution in [1.82, 2.24) is 40.2 Å². The molecule has 5 heterocycles. The molecule has 3 saturated heterocycles. The van der Waals surface area contributed by atoms with Gasteiger partial charge in [0.15, 0.2) is 0 Å². The molecule has 14 heteroatoms. The highest BCUT2D eigenvalue weighted by Crippen LogP contribution is 2.30. The highest BCUT2D eigenvalue weighted by atomic mass is 16.4. The van der Waals surface area contributed by atoms with Crippen LogP contribution in [-0.4, -0.2) is 141 Å². The highest BCUT2D eigenvalue weighted by Gasteiger charge is 2.36. The van der Waals surface area contributed by atoms with Gasteiger partial charge in [0.1, 0.15) is 28.8 Å². The van der Waals surface area contributed by atoms with Crippen molar-refractivity contribution >= 4 is 29.6 Å². The molecule has 0 spiro atoms. The number of carboxylic acid groups (broad SMARTS) is 1. The van der Waals surface area contributed by atoms with Crippen molar-refractivity contribution < 1.29 is 29.1 Å². The Kier molecular flexibility index (Phi) is 18.2. The number of carbonyl (C=O) groups excluding carboxylic acids is 4. The van der Waals surface area contributed by atoms with Crippen LogP contribution in [0, 0.1) is 5.92 Å². The van der Waals surface area contributed by atoms with Gasteiger partial charge in [-0.1, -0.05) is 69.6 Å². The van der Waals surface area contributed by atoms with Crippen molar-refractivity contribution in [2.75, 3.05) is 58.9 Å². The number of aromatic nitrogens is 2. The summed E-state index contributed by atoms with van der Waals surface area (Å²) in [6, 6.07) is 5.21. The lowest BCUT2D eigenvalue weighted by atomic mass is 9.84. The number of carboxylic acids is 1. The van der Waals surface area contributed by atoms with Crippen molar-refractivity contribution in [3.63, 3.8) is 0 Å². The zero-order valence-corrected chi connectivity index (χ0v) is 38.3. The van der Waals surface area contributed by atoms with Crippen molar-refractivity contribution in [3.05, 3.63) is 83.5 Å². The minimum atomic E-state index is -1.12. The Morgan fingerprint density at radius 2 is 1.23 bits per heavy atom. The predicted octanol–water partition coefficient (Wildman–Crippen LogP) is 6.75. The van der Waals surface area contributed by atoms with Crippen LogP contribution < -0.4 is 10.6 Å². The smallest absolute Gasteiger partial charge is 0.326 e. The molecule has 3 atom stereocenters. The van der Waals surface area contributed by atoms with Gasteiger partial charge >= 0.3 is 5.97 Å². The first kappa shape index (κ1) is 48.3. The Morgan fingerprint density at radius 1 is 0.688 bits per heavy atom. The quantitative estimate of drug-likeness (QED) is 0.121. The van der Waals surface area contributed by atoms with Crippen LogP contribution in [0.2, 0.25) is 0 Å². The van der Waals surface area contributed by atoms with Gasteiger partial charge < -0.3 is 35.3 Å². The number of aliphatic carboxylic acids is 1. The summed E-state index contributed by atoms with van der Waals surface area (Å²) in [6.07, 6.45) is 23.5. The third kappa shape index (κ3) is 13.0. The Labute approximate surface area is 379 Å². The SMILES string of the molecule is C/C=C\C/C=C\C/C=C/CNC(=O)c1cc(-c2cc(C(=O)NC(C(=O)O)C3CCCCC3)nc(C(=O)N3CCCC3CN(CC)CC)c2)cc(C(=O)N2CCCC2CN2CCCC2)n1. The standard InChI is InChI=1S/C50H70N8O6/c1-4-7-8-9-10-11-12-16-25-51-46(59)41-30-37(32-43(52-41)48(61)58-29-20-24-40(58)35-56-26-17-18-27-56)38-31-42(47(60)54-45(50(63)64)36-21-14-13-15-22-36)53-44(33-38)49(62)57-28-19-23-39(57)34-55(5-2)6-3/h4,7,9-10,12,16,30-33,36,39-40,45H,5-6,8,11,13-15,17-29,34-35H2,1-3H3,(H,51,59)(H,54,60)(H,63,64)/b7-4-,10-9-,16-12+. The van der Waals surface area contributed by atoms with Crippen LogP contribution in [0.1, 0.15) is 146 Å². The largest absolute Gasteiger partial charge is 0.480 e. The van der Waals surface area contributed by atoms with Gasteiger partial charge in [-0.2, -0.15) is 0 Å². The number of hydrogen-bond acceptors (Lipinski definition) is 9. The van der Waals surface area contributed by atoms with Gasteiger partial charge in [-0.15, -0.1) is 0 Å². The van der Waals surface area contributed by atoms with E-state index in [0.717, 1.165) is 103 Å². The van der Waals surface area contributed by atoms with Crippen molar-refractivity contribution in [1.29, 1.82) is 0 Å². The van der Waals surface area contributed by atoms with E-state index >= 15 is 0 Å². The van der Waals surface area contributed by atoms with Crippen LogP contribution in [0.3, 0.4) is 0 Å². The van der Waals surface area contributed by atoms with Gasteiger partial charge in [-0.25, -0.2) is 14.8 Å². The van der Waals surface area contributed by atoms with E-state index in [-0.39, 0.29) is 59.1 Å². The van der Waals surface area contributed by atoms with E-state index in [2.05, 4.69) is 62.5 Å². The molecule has 3 aliphatic heterocycles. The summed E-state index contributed by atoms with van der Waals surface area (Å²) in [5.74, 6) is -3.13. The number of rotatable bonds is 20. The fraction of sp³-hybridized carbons (Fsp3) is 0.580. The maximum Gasteiger partial charge on any atom is 0.326 e. The second-order valence-electron chi connectivity index (χ2n) is 17.7. The third-order valence-electron chi connectivity index (χ3n) is 13.4. The number of carbonyl (C=O) groups is 5. The number of likely N-dealkylation sites (N-methyl/N-ethyl adjacent to an activating group) is 1. The summed E-state index contributed by atoms with van der Waals surface area (Å²) in [5.41, 5.74) is 0.827. The summed E-state index contributed by atoms with van der Waals surface area (Å²) >= 11 is 0. The Hall–Kier alpha value is -5.21. The number of likely N-dealkylation sites (tertiary alicyclic amines) is 3. The Morgan fingerprint density at radius 3 is 1.83 bits per heavy atom. The number of allylic oxidation sites excluding steroid dienone is 5. The summed E-state index contributed by atoms with van der Waals surface area (Å²) in [4.78, 5) is 87.5. The lowest BCUT2D eigenvalue weighted by Gasteiger charge is -2.30. The van der Waals surface area contributed by atoms with Crippen LogP contribution >= 0.6 is 0 Å². The Bertz CT molecular complexity index is 2020. The van der Waals surface area contributed by atoms with Crippen molar-refractivity contribution in [2.45, 2.75) is 122 Å². The zero-order valence-electron chi connectivity index (χ0n) is 38.3. The molecule has 4 amide bonds. The highest BCUT2D eigenvalue weighted by molar-refractivity contribution is 6.01. The molecule has 64 heavy (non-hydrogen) atoms. The summed E-state index contributed by atoms with van der Waals surface area (Å²) in [6.45, 7) is 12.7. The molecular weight excluding hydrogens is 809 g/mol. The molecule has 1 aliphatic carbocycles. The fourth-order valence-corrected chi connectivity index (χ4v) is 9.74. The van der Waals surface area contributed by atoms with Crippen molar-refractivity contribution in [3.8, 4) is 11.1 Å². The first-order valence-corrected chi connectivity index (χ1v) is 23.9. The van der Waals surface area contributed by atoms with E-state index in [1.165, 1.54) is 6.07 Å². The molecule has 14 nitrogen and oxygen atoms in total. The van der Waals surface area contributed by atoms with E-state index in [0.29, 0.717) is 43.6 Å². The van der Waals surface area contributed by atoms with Gasteiger partial charge in [0, 0.05) is 44.8 Å². The van der Waals surface area contributed by atoms with Crippen LogP contribution in [-0.2, 0) is 4.79 Å². The predicted molar refractivity (Wildman–Crippen MR) is 249 cm³/mol. The lowest BCUT2D eigenvalue weighted by Crippen LogP contribution is -2.47. The van der Waals surface area contributed by atoms with Gasteiger partial charge in [0.2, 0.25) is 0 Å². The molecule has 0 radical (unpaired) electrons. The van der Waals surface area contributed by atoms with E-state index in [9.17, 15) is 29.1 Å². The topological polar surface area (TPSA) is 168 Å². The summed E-state index contributed by atoms with van der Waals surface area (Å²) in [7, 11) is 0. The van der Waals surface area contributed by atoms with Crippen molar-refractivity contribution in [2.24, 2.45) is 5.92 Å². The van der Waals surface area contributed by atoms with Crippen LogP contribution in [0.4, 0.5) is 0 Å². The number of nitrogens with one attached hydrogen (secondary N) is 2. The van der Waals surface area contributed by atoms with Crippen LogP contribution in [0.25, 0.3) is 11.1 Å². The monoisotopic (exact) mass is 879 g/mol. The molecule has 1 saturated carbocycles. The zero-order chi connectivity index (χ0) is 45.4. The van der Waals surface area contributed by atoms with Gasteiger partial charge in [-0.3, -0.25) is 19.2 Å². The molecule has 3 N–H and O–H groups in total. The first-order chi connectivity index (χ1) is 31.1. The average Bonchev–Trinajstić information content (AvgIpc) is 4.12. The molecule has 6 rings (SSSR count). The lowest BCUT2D eigenvalue weighted by molar-refractivity contribution is -0.141. The van der Waals surface area contributed by atoms with Gasteiger partial charge in [0.05, 0.1) is 0 Å². The number of nitrogens with zero attached hydrogens (tertiary/aromatic N) is 6. The van der Waals surface area contributed by atoms with Gasteiger partial charge in [0.25, 0.3) is 23.6 Å². The summed E-state index contributed by atoms with van der Waals surface area (Å²) < 4.78 is 0. The average molecular weight is 879 g/mol. The van der Waals surface area contributed by atoms with E-state index in [1.807, 2.05) is 35.0 Å². The minimum absolute atomic E-state index is 0.0158. The van der Waals surface area contributed by atoms with Gasteiger partial charge in [-0.05, 0) is 139 Å². The molecule has 346 valence electrons. The number of amides is 4. The molecule has 4 fully saturated rings. The second-order valence-corrected chi connectivity index (χ2v) is 17.7. The van der Waals surface area contributed by atoms with E-state index in [1.54, 1.807) is 18.2 Å². The summed E-state index contributed by atoms with van der Waals surface area (Å²) in [5, 5.41) is 16.0. The number of pyridine rings is 2. The Balaban J connectivity index is 1.37. The maximum absolute atomic E-state index is 14.6. The number of hydrogen-bond donors (Lipinski definition) is 3. The van der Waals surface area contributed by atoms with Crippen LogP contribution in [0.15, 0.2) is 60.7 Å². The molecule has 2 aromatic heterocycles. The second kappa shape index (κ2) is 24.2. The molecule has 3 unspecified atom stereocenters. The molecule has 2 aromatic rings. The third-order valence-corrected chi connectivity index (χ3v) is 13.4. The normalized spacial score (nSPS) is 20.3. The van der Waals surface area contributed by atoms with Crippen LogP contribution in [0.5, 0.6) is 0 Å². The van der Waals surface area contributed by atoms with E-state index < -0.39 is 23.8 Å². The maximum atomic E-state index is 14.6. The minimum Gasteiger partial charge on any atom is -0.480 e. The molecule has 4 aliphatic rings.